The van der Waals surface area contributed by atoms with Gasteiger partial charge in [0.15, 0.2) is 0 Å². The molecule has 0 amide bonds. The third kappa shape index (κ3) is 4.12. The Labute approximate surface area is 121 Å². The Morgan fingerprint density at radius 3 is 1.91 bits per heavy atom. The zero-order valence-electron chi connectivity index (χ0n) is 11.0. The Kier molecular flexibility index (Phi) is 4.30. The van der Waals surface area contributed by atoms with Gasteiger partial charge in [0, 0.05) is 11.9 Å². The van der Waals surface area contributed by atoms with Crippen molar-refractivity contribution >= 4 is 5.69 Å². The first-order valence-corrected chi connectivity index (χ1v) is 6.09. The molecule has 2 rings (SSSR count). The number of nitrogens with zero attached hydrogens (tertiary/aromatic N) is 1. The van der Waals surface area contributed by atoms with Gasteiger partial charge in [-0.1, -0.05) is 6.07 Å². The van der Waals surface area contributed by atoms with Crippen LogP contribution >= 0.6 is 0 Å². The van der Waals surface area contributed by atoms with Crippen LogP contribution in [0, 0.1) is 0 Å². The van der Waals surface area contributed by atoms with Crippen molar-refractivity contribution in [2.24, 2.45) is 0 Å². The summed E-state index contributed by atoms with van der Waals surface area (Å²) in [5.41, 5.74) is -2.49. The van der Waals surface area contributed by atoms with E-state index in [9.17, 15) is 26.3 Å². The van der Waals surface area contributed by atoms with Gasteiger partial charge in [-0.2, -0.15) is 26.3 Å². The smallest absolute Gasteiger partial charge is 0.379 e. The number of alkyl halides is 6. The summed E-state index contributed by atoms with van der Waals surface area (Å²) in [6.07, 6.45) is -8.24. The van der Waals surface area contributed by atoms with Crippen LogP contribution in [0.15, 0.2) is 42.6 Å². The van der Waals surface area contributed by atoms with E-state index in [2.05, 4.69) is 10.3 Å². The third-order valence-corrected chi connectivity index (χ3v) is 2.79. The minimum atomic E-state index is -4.86. The quantitative estimate of drug-likeness (QED) is 0.827. The predicted molar refractivity (Wildman–Crippen MR) is 68.0 cm³/mol. The van der Waals surface area contributed by atoms with Crippen LogP contribution < -0.4 is 5.32 Å². The van der Waals surface area contributed by atoms with Crippen LogP contribution in [0.1, 0.15) is 16.8 Å². The number of aromatic nitrogens is 1. The van der Waals surface area contributed by atoms with Crippen LogP contribution in [0.5, 0.6) is 0 Å². The molecule has 2 nitrogen and oxygen atoms in total. The lowest BCUT2D eigenvalue weighted by atomic mass is 10.1. The monoisotopic (exact) mass is 320 g/mol. The summed E-state index contributed by atoms with van der Waals surface area (Å²) in [6.45, 7) is 0.0133. The van der Waals surface area contributed by atoms with E-state index < -0.39 is 23.5 Å². The van der Waals surface area contributed by atoms with Crippen molar-refractivity contribution in [3.8, 4) is 0 Å². The van der Waals surface area contributed by atoms with Gasteiger partial charge in [0.2, 0.25) is 0 Å². The highest BCUT2D eigenvalue weighted by molar-refractivity contribution is 5.50. The first kappa shape index (κ1) is 16.1. The molecule has 2 aromatic rings. The number of nitrogens with one attached hydrogen (secondary N) is 1. The van der Waals surface area contributed by atoms with Gasteiger partial charge in [-0.3, -0.25) is 4.98 Å². The van der Waals surface area contributed by atoms with Gasteiger partial charge in [-0.05, 0) is 30.3 Å². The zero-order valence-corrected chi connectivity index (χ0v) is 11.0. The van der Waals surface area contributed by atoms with Crippen molar-refractivity contribution in [2.75, 3.05) is 5.32 Å². The number of hydrogen-bond donors (Lipinski definition) is 1. The molecule has 0 unspecified atom stereocenters. The average molecular weight is 320 g/mol. The maximum Gasteiger partial charge on any atom is 0.416 e. The topological polar surface area (TPSA) is 24.9 Å². The molecule has 0 saturated carbocycles. The molecule has 0 aliphatic carbocycles. The second-order valence-electron chi connectivity index (χ2n) is 4.47. The SMILES string of the molecule is FC(F)(F)c1cc(NCc2ccccn2)cc(C(F)(F)F)c1. The van der Waals surface area contributed by atoms with E-state index in [0.717, 1.165) is 0 Å². The molecule has 118 valence electrons. The van der Waals surface area contributed by atoms with Gasteiger partial charge < -0.3 is 5.32 Å². The minimum Gasteiger partial charge on any atom is -0.379 e. The predicted octanol–water partition coefficient (Wildman–Crippen LogP) is 4.73. The van der Waals surface area contributed by atoms with E-state index in [4.69, 9.17) is 0 Å². The Morgan fingerprint density at radius 1 is 0.864 bits per heavy atom. The summed E-state index contributed by atoms with van der Waals surface area (Å²) >= 11 is 0. The summed E-state index contributed by atoms with van der Waals surface area (Å²) in [4.78, 5) is 3.93. The standard InChI is InChI=1S/C14H10F6N2/c15-13(16,17)9-5-10(14(18,19)20)7-12(6-9)22-8-11-3-1-2-4-21-11/h1-7,22H,8H2. The molecule has 0 radical (unpaired) electrons. The molecule has 0 fully saturated rings. The van der Waals surface area contributed by atoms with Gasteiger partial charge in [0.25, 0.3) is 0 Å². The van der Waals surface area contributed by atoms with Gasteiger partial charge >= 0.3 is 12.4 Å². The molecule has 22 heavy (non-hydrogen) atoms. The Hall–Kier alpha value is -2.25. The second kappa shape index (κ2) is 5.86. The van der Waals surface area contributed by atoms with Gasteiger partial charge in [0.05, 0.1) is 23.4 Å². The Balaban J connectivity index is 2.30. The van der Waals surface area contributed by atoms with E-state index in [1.54, 1.807) is 18.2 Å². The molecule has 0 aliphatic rings. The maximum absolute atomic E-state index is 12.7. The summed E-state index contributed by atoms with van der Waals surface area (Å²) in [6, 6.07) is 6.28. The largest absolute Gasteiger partial charge is 0.416 e. The molecular formula is C14H10F6N2. The number of hydrogen-bond acceptors (Lipinski definition) is 2. The number of halogens is 6. The molecule has 8 heteroatoms. The Morgan fingerprint density at radius 2 is 1.45 bits per heavy atom. The fraction of sp³-hybridized carbons (Fsp3) is 0.214. The molecule has 1 aromatic heterocycles. The fourth-order valence-electron chi connectivity index (χ4n) is 1.75. The number of benzene rings is 1. The van der Waals surface area contributed by atoms with E-state index >= 15 is 0 Å². The lowest BCUT2D eigenvalue weighted by Gasteiger charge is -2.15. The number of anilines is 1. The van der Waals surface area contributed by atoms with Crippen molar-refractivity contribution in [3.05, 3.63) is 59.4 Å². The summed E-state index contributed by atoms with van der Waals surface area (Å²) in [7, 11) is 0. The van der Waals surface area contributed by atoms with Gasteiger partial charge in [-0.25, -0.2) is 0 Å². The van der Waals surface area contributed by atoms with Gasteiger partial charge in [0.1, 0.15) is 0 Å². The highest BCUT2D eigenvalue weighted by Gasteiger charge is 2.36. The van der Waals surface area contributed by atoms with Crippen molar-refractivity contribution in [1.29, 1.82) is 0 Å². The molecule has 0 saturated heterocycles. The van der Waals surface area contributed by atoms with E-state index in [0.29, 0.717) is 17.8 Å². The van der Waals surface area contributed by atoms with Crippen molar-refractivity contribution in [1.82, 2.24) is 4.98 Å². The first-order chi connectivity index (χ1) is 10.2. The van der Waals surface area contributed by atoms with Crippen molar-refractivity contribution < 1.29 is 26.3 Å². The molecule has 1 N–H and O–H groups in total. The lowest BCUT2D eigenvalue weighted by Crippen LogP contribution is -2.12. The lowest BCUT2D eigenvalue weighted by molar-refractivity contribution is -0.143. The third-order valence-electron chi connectivity index (χ3n) is 2.79. The summed E-state index contributed by atoms with van der Waals surface area (Å²) in [5, 5.41) is 2.52. The fourth-order valence-corrected chi connectivity index (χ4v) is 1.75. The highest BCUT2D eigenvalue weighted by Crippen LogP contribution is 2.37. The molecule has 1 heterocycles. The molecule has 0 spiro atoms. The van der Waals surface area contributed by atoms with Crippen molar-refractivity contribution in [3.63, 3.8) is 0 Å². The van der Waals surface area contributed by atoms with E-state index in [-0.39, 0.29) is 18.3 Å². The van der Waals surface area contributed by atoms with E-state index in [1.165, 1.54) is 6.20 Å². The molecule has 0 bridgehead atoms. The van der Waals surface area contributed by atoms with Crippen LogP contribution in [-0.2, 0) is 18.9 Å². The first-order valence-electron chi connectivity index (χ1n) is 6.09. The molecule has 1 aromatic carbocycles. The maximum atomic E-state index is 12.7. The van der Waals surface area contributed by atoms with Crippen LogP contribution in [0.25, 0.3) is 0 Å². The highest BCUT2D eigenvalue weighted by atomic mass is 19.4. The van der Waals surface area contributed by atoms with Crippen molar-refractivity contribution in [2.45, 2.75) is 18.9 Å². The normalized spacial score (nSPS) is 12.3. The second-order valence-corrected chi connectivity index (χ2v) is 4.47. The Bertz CT molecular complexity index is 602. The number of rotatable bonds is 3. The van der Waals surface area contributed by atoms with Crippen LogP contribution in [0.3, 0.4) is 0 Å². The molecule has 0 atom stereocenters. The van der Waals surface area contributed by atoms with Crippen LogP contribution in [0.4, 0.5) is 32.0 Å². The van der Waals surface area contributed by atoms with Crippen LogP contribution in [0.2, 0.25) is 0 Å². The average Bonchev–Trinajstić information content (AvgIpc) is 2.44. The van der Waals surface area contributed by atoms with Gasteiger partial charge in [-0.15, -0.1) is 0 Å². The zero-order chi connectivity index (χ0) is 16.4. The van der Waals surface area contributed by atoms with Crippen LogP contribution in [-0.4, -0.2) is 4.98 Å². The number of pyridine rings is 1. The molecular weight excluding hydrogens is 310 g/mol. The minimum absolute atomic E-state index is 0.0133. The molecule has 0 aliphatic heterocycles. The summed E-state index contributed by atoms with van der Waals surface area (Å²) < 4.78 is 76.2. The summed E-state index contributed by atoms with van der Waals surface area (Å²) in [5.74, 6) is 0. The van der Waals surface area contributed by atoms with E-state index in [1.807, 2.05) is 0 Å².